The maximum Gasteiger partial charge on any atom is 0.227 e. The summed E-state index contributed by atoms with van der Waals surface area (Å²) in [6.07, 6.45) is 0.326. The van der Waals surface area contributed by atoms with E-state index < -0.39 is 0 Å². The molecule has 0 bridgehead atoms. The Morgan fingerprint density at radius 1 is 1.25 bits per heavy atom. The molecule has 3 rings (SSSR count). The smallest absolute Gasteiger partial charge is 0.227 e. The molecule has 0 unspecified atom stereocenters. The quantitative estimate of drug-likeness (QED) is 0.907. The van der Waals surface area contributed by atoms with E-state index in [0.29, 0.717) is 18.8 Å². The zero-order valence-electron chi connectivity index (χ0n) is 13.5. The number of rotatable bonds is 5. The number of para-hydroxylation sites is 2. The van der Waals surface area contributed by atoms with Crippen LogP contribution in [0.15, 0.2) is 41.8 Å². The van der Waals surface area contributed by atoms with E-state index in [2.05, 4.69) is 5.32 Å². The summed E-state index contributed by atoms with van der Waals surface area (Å²) in [6, 6.07) is 11.4. The van der Waals surface area contributed by atoms with Crippen LogP contribution in [-0.4, -0.2) is 24.5 Å². The highest BCUT2D eigenvalue weighted by molar-refractivity contribution is 7.09. The minimum Gasteiger partial charge on any atom is -0.487 e. The predicted octanol–water partition coefficient (Wildman–Crippen LogP) is 2.96. The molecule has 0 aliphatic carbocycles. The first-order chi connectivity index (χ1) is 11.6. The lowest BCUT2D eigenvalue weighted by molar-refractivity contribution is -0.125. The fourth-order valence-electron chi connectivity index (χ4n) is 2.67. The molecule has 0 saturated heterocycles. The average molecular weight is 344 g/mol. The zero-order chi connectivity index (χ0) is 16.9. The Balaban J connectivity index is 1.54. The SMILES string of the molecule is C[C@H]1CN(C(=O)CCC(=O)NCc2cccs2)c2ccccc2O1. The summed E-state index contributed by atoms with van der Waals surface area (Å²) >= 11 is 1.60. The normalized spacial score (nSPS) is 16.2. The summed E-state index contributed by atoms with van der Waals surface area (Å²) in [5, 5.41) is 4.82. The van der Waals surface area contributed by atoms with Crippen LogP contribution in [0.4, 0.5) is 5.69 Å². The molecule has 1 aliphatic rings. The summed E-state index contributed by atoms with van der Waals surface area (Å²) in [7, 11) is 0. The van der Waals surface area contributed by atoms with Crippen LogP contribution in [0.5, 0.6) is 5.75 Å². The lowest BCUT2D eigenvalue weighted by Gasteiger charge is -2.33. The van der Waals surface area contributed by atoms with E-state index in [1.54, 1.807) is 16.2 Å². The molecule has 24 heavy (non-hydrogen) atoms. The highest BCUT2D eigenvalue weighted by Gasteiger charge is 2.27. The van der Waals surface area contributed by atoms with E-state index >= 15 is 0 Å². The summed E-state index contributed by atoms with van der Waals surface area (Å²) in [6.45, 7) is 2.96. The maximum atomic E-state index is 12.5. The Hall–Kier alpha value is -2.34. The molecule has 0 spiro atoms. The van der Waals surface area contributed by atoms with Gasteiger partial charge in [0.1, 0.15) is 11.9 Å². The van der Waals surface area contributed by atoms with Crippen molar-refractivity contribution in [3.05, 3.63) is 46.7 Å². The van der Waals surface area contributed by atoms with Crippen molar-refractivity contribution < 1.29 is 14.3 Å². The highest BCUT2D eigenvalue weighted by Crippen LogP contribution is 2.33. The molecule has 1 aliphatic heterocycles. The van der Waals surface area contributed by atoms with Gasteiger partial charge in [-0.25, -0.2) is 0 Å². The van der Waals surface area contributed by atoms with Gasteiger partial charge in [0.2, 0.25) is 11.8 Å². The average Bonchev–Trinajstić information content (AvgIpc) is 3.10. The topological polar surface area (TPSA) is 58.6 Å². The number of thiophene rings is 1. The Morgan fingerprint density at radius 2 is 2.08 bits per heavy atom. The molecule has 0 radical (unpaired) electrons. The summed E-state index contributed by atoms with van der Waals surface area (Å²) in [5.74, 6) is 0.557. The fraction of sp³-hybridized carbons (Fsp3) is 0.333. The minimum absolute atomic E-state index is 0.0520. The van der Waals surface area contributed by atoms with Crippen LogP contribution >= 0.6 is 11.3 Å². The standard InChI is InChI=1S/C18H20N2O3S/c1-13-12-20(15-6-2-3-7-16(15)23-13)18(22)9-8-17(21)19-11-14-5-4-10-24-14/h2-7,10,13H,8-9,11-12H2,1H3,(H,19,21)/t13-/m0/s1. The molecule has 1 aromatic carbocycles. The van der Waals surface area contributed by atoms with Crippen molar-refractivity contribution in [3.63, 3.8) is 0 Å². The van der Waals surface area contributed by atoms with Gasteiger partial charge in [0.05, 0.1) is 18.8 Å². The number of ether oxygens (including phenoxy) is 1. The zero-order valence-corrected chi connectivity index (χ0v) is 14.3. The Kier molecular flexibility index (Phi) is 5.15. The molecule has 0 fully saturated rings. The van der Waals surface area contributed by atoms with Crippen LogP contribution in [0.25, 0.3) is 0 Å². The third-order valence-electron chi connectivity index (χ3n) is 3.83. The summed E-state index contributed by atoms with van der Waals surface area (Å²) < 4.78 is 5.75. The number of nitrogens with one attached hydrogen (secondary N) is 1. The second-order valence-electron chi connectivity index (χ2n) is 5.76. The van der Waals surface area contributed by atoms with Crippen LogP contribution in [-0.2, 0) is 16.1 Å². The second-order valence-corrected chi connectivity index (χ2v) is 6.79. The molecule has 1 N–H and O–H groups in total. The first-order valence-corrected chi connectivity index (χ1v) is 8.86. The van der Waals surface area contributed by atoms with Crippen molar-refractivity contribution in [2.75, 3.05) is 11.4 Å². The maximum absolute atomic E-state index is 12.5. The molecule has 126 valence electrons. The van der Waals surface area contributed by atoms with Crippen molar-refractivity contribution >= 4 is 28.8 Å². The minimum atomic E-state index is -0.105. The molecule has 5 nitrogen and oxygen atoms in total. The largest absolute Gasteiger partial charge is 0.487 e. The van der Waals surface area contributed by atoms with Crippen LogP contribution in [0.3, 0.4) is 0 Å². The number of benzene rings is 1. The van der Waals surface area contributed by atoms with Gasteiger partial charge in [-0.1, -0.05) is 18.2 Å². The van der Waals surface area contributed by atoms with Gasteiger partial charge in [-0.2, -0.15) is 0 Å². The number of hydrogen-bond donors (Lipinski definition) is 1. The van der Waals surface area contributed by atoms with Crippen molar-refractivity contribution in [2.24, 2.45) is 0 Å². The number of nitrogens with zero attached hydrogens (tertiary/aromatic N) is 1. The van der Waals surface area contributed by atoms with E-state index in [9.17, 15) is 9.59 Å². The second kappa shape index (κ2) is 7.49. The van der Waals surface area contributed by atoms with E-state index in [-0.39, 0.29) is 30.8 Å². The van der Waals surface area contributed by atoms with Gasteiger partial charge in [0.15, 0.2) is 0 Å². The van der Waals surface area contributed by atoms with Gasteiger partial charge < -0.3 is 15.0 Å². The molecule has 0 saturated carbocycles. The van der Waals surface area contributed by atoms with Crippen molar-refractivity contribution in [1.29, 1.82) is 0 Å². The van der Waals surface area contributed by atoms with Gasteiger partial charge in [-0.15, -0.1) is 11.3 Å². The van der Waals surface area contributed by atoms with E-state index in [4.69, 9.17) is 4.74 Å². The third-order valence-corrected chi connectivity index (χ3v) is 4.71. The van der Waals surface area contributed by atoms with Gasteiger partial charge >= 0.3 is 0 Å². The molecule has 2 amide bonds. The first-order valence-electron chi connectivity index (χ1n) is 7.98. The number of amides is 2. The number of hydrogen-bond acceptors (Lipinski definition) is 4. The molecule has 2 aromatic rings. The highest BCUT2D eigenvalue weighted by atomic mass is 32.1. The Labute approximate surface area is 145 Å². The number of anilines is 1. The molecule has 6 heteroatoms. The number of fused-ring (bicyclic) bond motifs is 1. The van der Waals surface area contributed by atoms with Crippen LogP contribution in [0.2, 0.25) is 0 Å². The molecular weight excluding hydrogens is 324 g/mol. The first kappa shape index (κ1) is 16.5. The fourth-order valence-corrected chi connectivity index (χ4v) is 3.31. The predicted molar refractivity (Wildman–Crippen MR) is 94.3 cm³/mol. The van der Waals surface area contributed by atoms with Gasteiger partial charge in [0.25, 0.3) is 0 Å². The molecular formula is C18H20N2O3S. The van der Waals surface area contributed by atoms with Crippen LogP contribution in [0, 0.1) is 0 Å². The van der Waals surface area contributed by atoms with Gasteiger partial charge in [-0.3, -0.25) is 9.59 Å². The summed E-state index contributed by atoms with van der Waals surface area (Å²) in [5.41, 5.74) is 0.777. The van der Waals surface area contributed by atoms with Crippen molar-refractivity contribution in [1.82, 2.24) is 5.32 Å². The Bertz CT molecular complexity index is 715. The third kappa shape index (κ3) is 3.94. The van der Waals surface area contributed by atoms with Crippen LogP contribution in [0.1, 0.15) is 24.6 Å². The van der Waals surface area contributed by atoms with Crippen molar-refractivity contribution in [3.8, 4) is 5.75 Å². The molecule has 2 heterocycles. The van der Waals surface area contributed by atoms with Crippen LogP contribution < -0.4 is 15.0 Å². The Morgan fingerprint density at radius 3 is 2.88 bits per heavy atom. The van der Waals surface area contributed by atoms with E-state index in [0.717, 1.165) is 10.6 Å². The lowest BCUT2D eigenvalue weighted by Crippen LogP contribution is -2.42. The lowest BCUT2D eigenvalue weighted by atomic mass is 10.1. The van der Waals surface area contributed by atoms with Crippen molar-refractivity contribution in [2.45, 2.75) is 32.4 Å². The number of carbonyl (C=O) groups excluding carboxylic acids is 2. The summed E-state index contributed by atoms with van der Waals surface area (Å²) in [4.78, 5) is 27.3. The van der Waals surface area contributed by atoms with E-state index in [1.165, 1.54) is 0 Å². The van der Waals surface area contributed by atoms with Gasteiger partial charge in [0, 0.05) is 17.7 Å². The van der Waals surface area contributed by atoms with Gasteiger partial charge in [-0.05, 0) is 30.5 Å². The molecule has 1 aromatic heterocycles. The van der Waals surface area contributed by atoms with E-state index in [1.807, 2.05) is 48.7 Å². The number of carbonyl (C=O) groups is 2. The monoisotopic (exact) mass is 344 g/mol. The molecule has 1 atom stereocenters.